The number of benzene rings is 1. The van der Waals surface area contributed by atoms with Crippen molar-refractivity contribution in [2.24, 2.45) is 0 Å². The zero-order valence-corrected chi connectivity index (χ0v) is 18.8. The number of aryl methyl sites for hydroxylation is 1. The molecule has 1 aliphatic heterocycles. The van der Waals surface area contributed by atoms with E-state index in [1.165, 1.54) is 5.69 Å². The number of carbonyl (C=O) groups excluding carboxylic acids is 1. The fourth-order valence-corrected chi connectivity index (χ4v) is 4.23. The zero-order chi connectivity index (χ0) is 22.8. The van der Waals surface area contributed by atoms with E-state index < -0.39 is 6.09 Å². The Morgan fingerprint density at radius 2 is 2.06 bits per heavy atom. The maximum absolute atomic E-state index is 12.2. The first kappa shape index (κ1) is 21.1. The normalized spacial score (nSPS) is 12.8. The third kappa shape index (κ3) is 4.29. The molecule has 5 rings (SSSR count). The highest BCUT2D eigenvalue weighted by Crippen LogP contribution is 2.40. The van der Waals surface area contributed by atoms with Crippen molar-refractivity contribution in [2.75, 3.05) is 27.2 Å². The molecule has 4 heterocycles. The van der Waals surface area contributed by atoms with E-state index in [-0.39, 0.29) is 0 Å². The number of hydrogen-bond acceptors (Lipinski definition) is 6. The maximum Gasteiger partial charge on any atom is 0.412 e. The predicted octanol–water partition coefficient (Wildman–Crippen LogP) is 3.76. The largest absolute Gasteiger partial charge is 0.412 e. The minimum Gasteiger partial charge on any atom is -0.410 e. The molecule has 33 heavy (non-hydrogen) atoms. The van der Waals surface area contributed by atoms with Crippen molar-refractivity contribution >= 4 is 17.0 Å². The van der Waals surface area contributed by atoms with Gasteiger partial charge in [0, 0.05) is 48.7 Å². The Labute approximate surface area is 192 Å². The van der Waals surface area contributed by atoms with Crippen LogP contribution in [0.1, 0.15) is 12.1 Å². The van der Waals surface area contributed by atoms with Crippen LogP contribution in [0.2, 0.25) is 0 Å². The summed E-state index contributed by atoms with van der Waals surface area (Å²) >= 11 is 0. The molecular weight excluding hydrogens is 416 g/mol. The fourth-order valence-electron chi connectivity index (χ4n) is 4.23. The average Bonchev–Trinajstić information content (AvgIpc) is 3.40. The minimum atomic E-state index is -0.470. The number of likely N-dealkylation sites (N-methyl/N-ethyl adjacent to an activating group) is 1. The molecule has 1 amide bonds. The SMILES string of the molecule is CN(C)CCNC(=O)Oc1ccc2nccc(-c3c(-c4ccccn4)nn4c3CCC4)c2c1. The molecular formula is C25H26N6O2. The summed E-state index contributed by atoms with van der Waals surface area (Å²) in [6.45, 7) is 2.16. The number of ether oxygens (including phenoxy) is 1. The van der Waals surface area contributed by atoms with E-state index in [1.54, 1.807) is 12.3 Å². The van der Waals surface area contributed by atoms with Gasteiger partial charge >= 0.3 is 6.09 Å². The molecule has 8 nitrogen and oxygen atoms in total. The van der Waals surface area contributed by atoms with E-state index in [4.69, 9.17) is 9.84 Å². The third-order valence-corrected chi connectivity index (χ3v) is 5.77. The number of hydrogen-bond donors (Lipinski definition) is 1. The summed E-state index contributed by atoms with van der Waals surface area (Å²) in [4.78, 5) is 23.3. The van der Waals surface area contributed by atoms with Gasteiger partial charge in [-0.2, -0.15) is 5.10 Å². The Hall–Kier alpha value is -3.78. The number of pyridine rings is 2. The van der Waals surface area contributed by atoms with Gasteiger partial charge in [-0.05, 0) is 68.9 Å². The molecule has 0 spiro atoms. The number of rotatable bonds is 6. The molecule has 0 fully saturated rings. The fraction of sp³-hybridized carbons (Fsp3) is 0.280. The molecule has 8 heteroatoms. The van der Waals surface area contributed by atoms with E-state index in [0.717, 1.165) is 59.3 Å². The van der Waals surface area contributed by atoms with E-state index in [9.17, 15) is 4.79 Å². The summed E-state index contributed by atoms with van der Waals surface area (Å²) in [6.07, 6.45) is 5.16. The van der Waals surface area contributed by atoms with Gasteiger partial charge in [0.25, 0.3) is 0 Å². The van der Waals surface area contributed by atoms with Crippen LogP contribution >= 0.6 is 0 Å². The summed E-state index contributed by atoms with van der Waals surface area (Å²) in [7, 11) is 3.91. The highest BCUT2D eigenvalue weighted by atomic mass is 16.6. The van der Waals surface area contributed by atoms with Gasteiger partial charge in [-0.15, -0.1) is 0 Å². The highest BCUT2D eigenvalue weighted by molar-refractivity contribution is 5.99. The smallest absolute Gasteiger partial charge is 0.410 e. The van der Waals surface area contributed by atoms with Crippen molar-refractivity contribution in [2.45, 2.75) is 19.4 Å². The van der Waals surface area contributed by atoms with Crippen LogP contribution in [-0.4, -0.2) is 57.9 Å². The van der Waals surface area contributed by atoms with Crippen LogP contribution in [-0.2, 0) is 13.0 Å². The Morgan fingerprint density at radius 1 is 1.15 bits per heavy atom. The van der Waals surface area contributed by atoms with Crippen molar-refractivity contribution in [3.8, 4) is 28.3 Å². The summed E-state index contributed by atoms with van der Waals surface area (Å²) in [6, 6.07) is 13.4. The Morgan fingerprint density at radius 3 is 2.88 bits per heavy atom. The molecule has 0 atom stereocenters. The first-order valence-corrected chi connectivity index (χ1v) is 11.1. The van der Waals surface area contributed by atoms with Crippen LogP contribution in [0.3, 0.4) is 0 Å². The first-order valence-electron chi connectivity index (χ1n) is 11.1. The molecule has 1 aliphatic rings. The second-order valence-corrected chi connectivity index (χ2v) is 8.37. The quantitative estimate of drug-likeness (QED) is 0.489. The molecule has 4 aromatic rings. The van der Waals surface area contributed by atoms with Crippen molar-refractivity contribution < 1.29 is 9.53 Å². The predicted molar refractivity (Wildman–Crippen MR) is 127 cm³/mol. The monoisotopic (exact) mass is 442 g/mol. The molecule has 168 valence electrons. The average molecular weight is 443 g/mol. The van der Waals surface area contributed by atoms with Gasteiger partial charge in [0.2, 0.25) is 0 Å². The van der Waals surface area contributed by atoms with E-state index in [2.05, 4.69) is 20.0 Å². The molecule has 1 aromatic carbocycles. The van der Waals surface area contributed by atoms with Crippen molar-refractivity contribution in [3.05, 3.63) is 60.6 Å². The summed E-state index contributed by atoms with van der Waals surface area (Å²) in [5.74, 6) is 0.474. The van der Waals surface area contributed by atoms with Crippen LogP contribution in [0.15, 0.2) is 54.9 Å². The van der Waals surface area contributed by atoms with E-state index in [1.807, 2.05) is 61.6 Å². The van der Waals surface area contributed by atoms with Crippen molar-refractivity contribution in [1.29, 1.82) is 0 Å². The second kappa shape index (κ2) is 8.99. The van der Waals surface area contributed by atoms with Gasteiger partial charge in [0.1, 0.15) is 11.4 Å². The van der Waals surface area contributed by atoms with Gasteiger partial charge in [-0.1, -0.05) is 6.07 Å². The van der Waals surface area contributed by atoms with Gasteiger partial charge < -0.3 is 15.0 Å². The highest BCUT2D eigenvalue weighted by Gasteiger charge is 2.25. The summed E-state index contributed by atoms with van der Waals surface area (Å²) in [5.41, 5.74) is 5.83. The minimum absolute atomic E-state index is 0.470. The number of fused-ring (bicyclic) bond motifs is 2. The van der Waals surface area contributed by atoms with Crippen molar-refractivity contribution in [3.63, 3.8) is 0 Å². The zero-order valence-electron chi connectivity index (χ0n) is 18.8. The second-order valence-electron chi connectivity index (χ2n) is 8.37. The maximum atomic E-state index is 12.2. The van der Waals surface area contributed by atoms with Crippen LogP contribution in [0.4, 0.5) is 4.79 Å². The van der Waals surface area contributed by atoms with Crippen LogP contribution in [0, 0.1) is 0 Å². The lowest BCUT2D eigenvalue weighted by Crippen LogP contribution is -2.33. The van der Waals surface area contributed by atoms with Crippen LogP contribution in [0.25, 0.3) is 33.4 Å². The van der Waals surface area contributed by atoms with Crippen molar-refractivity contribution in [1.82, 2.24) is 30.0 Å². The molecule has 0 saturated heterocycles. The van der Waals surface area contributed by atoms with Crippen LogP contribution in [0.5, 0.6) is 5.75 Å². The standard InChI is InChI=1S/C25H26N6O2/c1-30(2)15-13-28-25(32)33-17-8-9-20-19(16-17)18(10-12-27-20)23-22-7-5-14-31(22)29-24(23)21-6-3-4-11-26-21/h3-4,6,8-12,16H,5,7,13-15H2,1-2H3,(H,28,32). The summed E-state index contributed by atoms with van der Waals surface area (Å²) in [5, 5.41) is 8.59. The molecule has 3 aromatic heterocycles. The number of nitrogens with one attached hydrogen (secondary N) is 1. The molecule has 1 N–H and O–H groups in total. The lowest BCUT2D eigenvalue weighted by molar-refractivity contribution is 0.199. The first-order chi connectivity index (χ1) is 16.1. The molecule has 0 saturated carbocycles. The van der Waals surface area contributed by atoms with Gasteiger partial charge in [-0.25, -0.2) is 4.79 Å². The number of amides is 1. The topological polar surface area (TPSA) is 85.2 Å². The Bertz CT molecular complexity index is 1300. The number of carbonyl (C=O) groups is 1. The molecule has 0 unspecified atom stereocenters. The van der Waals surface area contributed by atoms with E-state index in [0.29, 0.717) is 12.3 Å². The number of nitrogens with zero attached hydrogens (tertiary/aromatic N) is 5. The van der Waals surface area contributed by atoms with E-state index >= 15 is 0 Å². The Kier molecular flexibility index (Phi) is 5.75. The molecule has 0 bridgehead atoms. The lowest BCUT2D eigenvalue weighted by atomic mass is 9.96. The van der Waals surface area contributed by atoms with Gasteiger partial charge in [-0.3, -0.25) is 14.6 Å². The number of aromatic nitrogens is 4. The summed E-state index contributed by atoms with van der Waals surface area (Å²) < 4.78 is 7.64. The van der Waals surface area contributed by atoms with Crippen LogP contribution < -0.4 is 10.1 Å². The third-order valence-electron chi connectivity index (χ3n) is 5.77. The van der Waals surface area contributed by atoms with Gasteiger partial charge in [0.05, 0.1) is 11.2 Å². The molecule has 0 radical (unpaired) electrons. The molecule has 0 aliphatic carbocycles. The van der Waals surface area contributed by atoms with Gasteiger partial charge in [0.15, 0.2) is 0 Å². The Balaban J connectivity index is 1.55. The lowest BCUT2D eigenvalue weighted by Gasteiger charge is -2.12.